The van der Waals surface area contributed by atoms with Crippen LogP contribution in [-0.4, -0.2) is 20.2 Å². The number of benzene rings is 1. The fourth-order valence-electron chi connectivity index (χ4n) is 1.59. The number of thioether (sulfide) groups is 1. The summed E-state index contributed by atoms with van der Waals surface area (Å²) in [5, 5.41) is 7.82. The summed E-state index contributed by atoms with van der Waals surface area (Å²) >= 11 is 1.05. The summed E-state index contributed by atoms with van der Waals surface area (Å²) < 4.78 is 32.3. The molecular formula is C13H8F2N4OS. The first-order chi connectivity index (χ1) is 10.2. The summed E-state index contributed by atoms with van der Waals surface area (Å²) in [5.41, 5.74) is 0.413. The Morgan fingerprint density at radius 2 is 1.90 bits per heavy atom. The molecule has 0 aliphatic rings. The minimum atomic E-state index is -0.601. The van der Waals surface area contributed by atoms with Crippen molar-refractivity contribution in [2.24, 2.45) is 0 Å². The van der Waals surface area contributed by atoms with Gasteiger partial charge >= 0.3 is 0 Å². The number of rotatable bonds is 4. The Hall–Kier alpha value is -2.35. The predicted octanol–water partition coefficient (Wildman–Crippen LogP) is 3.10. The number of nitrogens with zero attached hydrogens (tertiary/aromatic N) is 4. The van der Waals surface area contributed by atoms with Crippen molar-refractivity contribution in [1.82, 2.24) is 20.2 Å². The van der Waals surface area contributed by atoms with Crippen LogP contribution in [0.15, 0.2) is 46.4 Å². The maximum absolute atomic E-state index is 13.5. The van der Waals surface area contributed by atoms with E-state index in [1.54, 1.807) is 0 Å². The highest BCUT2D eigenvalue weighted by Gasteiger charge is 2.13. The first-order valence-corrected chi connectivity index (χ1v) is 6.88. The quantitative estimate of drug-likeness (QED) is 0.690. The molecule has 0 aliphatic heterocycles. The van der Waals surface area contributed by atoms with Crippen LogP contribution in [0.2, 0.25) is 0 Å². The van der Waals surface area contributed by atoms with Gasteiger partial charge in [0.05, 0.1) is 6.20 Å². The van der Waals surface area contributed by atoms with E-state index < -0.39 is 11.6 Å². The van der Waals surface area contributed by atoms with Gasteiger partial charge in [0.2, 0.25) is 0 Å². The number of hydrogen-bond acceptors (Lipinski definition) is 6. The number of aromatic nitrogens is 4. The highest BCUT2D eigenvalue weighted by molar-refractivity contribution is 7.98. The summed E-state index contributed by atoms with van der Waals surface area (Å²) in [4.78, 5) is 7.91. The maximum Gasteiger partial charge on any atom is 0.277 e. The average molecular weight is 306 g/mol. The Balaban J connectivity index is 1.74. The van der Waals surface area contributed by atoms with E-state index in [4.69, 9.17) is 4.42 Å². The van der Waals surface area contributed by atoms with E-state index in [2.05, 4.69) is 20.2 Å². The van der Waals surface area contributed by atoms with Gasteiger partial charge in [-0.3, -0.25) is 4.98 Å². The van der Waals surface area contributed by atoms with Crippen LogP contribution in [0.25, 0.3) is 11.6 Å². The molecule has 2 aromatic heterocycles. The molecule has 0 atom stereocenters. The van der Waals surface area contributed by atoms with Crippen molar-refractivity contribution in [3.8, 4) is 11.6 Å². The molecule has 21 heavy (non-hydrogen) atoms. The summed E-state index contributed by atoms with van der Waals surface area (Å²) in [5.74, 6) is -0.937. The van der Waals surface area contributed by atoms with Gasteiger partial charge in [0, 0.05) is 23.7 Å². The van der Waals surface area contributed by atoms with Crippen LogP contribution in [0, 0.1) is 11.6 Å². The molecule has 5 nitrogen and oxygen atoms in total. The lowest BCUT2D eigenvalue weighted by atomic mass is 10.2. The van der Waals surface area contributed by atoms with Crippen molar-refractivity contribution in [2.75, 3.05) is 0 Å². The van der Waals surface area contributed by atoms with Gasteiger partial charge in [0.25, 0.3) is 11.1 Å². The van der Waals surface area contributed by atoms with Crippen LogP contribution in [0.1, 0.15) is 5.56 Å². The van der Waals surface area contributed by atoms with Gasteiger partial charge in [0.15, 0.2) is 0 Å². The van der Waals surface area contributed by atoms with Crippen LogP contribution >= 0.6 is 11.8 Å². The number of halogens is 2. The zero-order valence-corrected chi connectivity index (χ0v) is 11.3. The molecule has 3 rings (SSSR count). The lowest BCUT2D eigenvalue weighted by Gasteiger charge is -2.01. The lowest BCUT2D eigenvalue weighted by Crippen LogP contribution is -1.92. The van der Waals surface area contributed by atoms with Crippen LogP contribution in [-0.2, 0) is 5.75 Å². The van der Waals surface area contributed by atoms with E-state index in [-0.39, 0.29) is 22.4 Å². The molecule has 0 bridgehead atoms. The van der Waals surface area contributed by atoms with E-state index in [0.29, 0.717) is 5.69 Å². The second kappa shape index (κ2) is 5.96. The van der Waals surface area contributed by atoms with Gasteiger partial charge in [-0.15, -0.1) is 10.2 Å². The van der Waals surface area contributed by atoms with E-state index >= 15 is 0 Å². The van der Waals surface area contributed by atoms with Gasteiger partial charge < -0.3 is 4.42 Å². The van der Waals surface area contributed by atoms with E-state index in [1.165, 1.54) is 36.8 Å². The van der Waals surface area contributed by atoms with Crippen LogP contribution in [0.4, 0.5) is 8.78 Å². The SMILES string of the molecule is Fc1cccc(F)c1CSc1nnc(-c2cnccn2)o1. The molecule has 106 valence electrons. The monoisotopic (exact) mass is 306 g/mol. The third-order valence-corrected chi connectivity index (χ3v) is 3.44. The molecule has 0 radical (unpaired) electrons. The Labute approximate surface area is 122 Å². The first kappa shape index (κ1) is 13.6. The highest BCUT2D eigenvalue weighted by Crippen LogP contribution is 2.26. The third kappa shape index (κ3) is 3.05. The second-order valence-electron chi connectivity index (χ2n) is 3.95. The molecular weight excluding hydrogens is 298 g/mol. The molecule has 0 aliphatic carbocycles. The lowest BCUT2D eigenvalue weighted by molar-refractivity contribution is 0.464. The summed E-state index contributed by atoms with van der Waals surface area (Å²) in [6.07, 6.45) is 4.51. The highest BCUT2D eigenvalue weighted by atomic mass is 32.2. The predicted molar refractivity (Wildman–Crippen MR) is 71.2 cm³/mol. The van der Waals surface area contributed by atoms with Crippen molar-refractivity contribution in [3.05, 3.63) is 54.0 Å². The molecule has 8 heteroatoms. The Bertz CT molecular complexity index is 731. The maximum atomic E-state index is 13.5. The first-order valence-electron chi connectivity index (χ1n) is 5.89. The largest absolute Gasteiger partial charge is 0.410 e. The molecule has 1 aromatic carbocycles. The minimum absolute atomic E-state index is 0.0262. The van der Waals surface area contributed by atoms with Gasteiger partial charge in [0.1, 0.15) is 17.3 Å². The average Bonchev–Trinajstić information content (AvgIpc) is 2.97. The molecule has 2 heterocycles. The Kier molecular flexibility index (Phi) is 3.87. The fourth-order valence-corrected chi connectivity index (χ4v) is 2.37. The second-order valence-corrected chi connectivity index (χ2v) is 4.88. The standard InChI is InChI=1S/C13H8F2N4OS/c14-9-2-1-3-10(15)8(9)7-21-13-19-18-12(20-13)11-6-16-4-5-17-11/h1-6H,7H2. The third-order valence-electron chi connectivity index (χ3n) is 2.59. The molecule has 3 aromatic rings. The molecule has 0 saturated heterocycles. The molecule has 0 spiro atoms. The summed E-state index contributed by atoms with van der Waals surface area (Å²) in [7, 11) is 0. The van der Waals surface area contributed by atoms with Crippen molar-refractivity contribution >= 4 is 11.8 Å². The van der Waals surface area contributed by atoms with Gasteiger partial charge in [-0.25, -0.2) is 13.8 Å². The van der Waals surface area contributed by atoms with Crippen molar-refractivity contribution in [3.63, 3.8) is 0 Å². The van der Waals surface area contributed by atoms with Gasteiger partial charge in [-0.05, 0) is 12.1 Å². The van der Waals surface area contributed by atoms with Gasteiger partial charge in [-0.1, -0.05) is 17.8 Å². The minimum Gasteiger partial charge on any atom is -0.410 e. The zero-order chi connectivity index (χ0) is 14.7. The van der Waals surface area contributed by atoms with Crippen LogP contribution in [0.3, 0.4) is 0 Å². The van der Waals surface area contributed by atoms with E-state index in [9.17, 15) is 8.78 Å². The smallest absolute Gasteiger partial charge is 0.277 e. The summed E-state index contributed by atoms with van der Waals surface area (Å²) in [6.45, 7) is 0. The van der Waals surface area contributed by atoms with E-state index in [0.717, 1.165) is 11.8 Å². The zero-order valence-electron chi connectivity index (χ0n) is 10.5. The van der Waals surface area contributed by atoms with Crippen molar-refractivity contribution < 1.29 is 13.2 Å². The Morgan fingerprint density at radius 3 is 2.62 bits per heavy atom. The molecule has 0 fully saturated rings. The molecule has 0 saturated carbocycles. The fraction of sp³-hybridized carbons (Fsp3) is 0.0769. The molecule has 0 unspecified atom stereocenters. The Morgan fingerprint density at radius 1 is 1.10 bits per heavy atom. The van der Waals surface area contributed by atoms with Crippen LogP contribution in [0.5, 0.6) is 0 Å². The van der Waals surface area contributed by atoms with Gasteiger partial charge in [-0.2, -0.15) is 0 Å². The van der Waals surface area contributed by atoms with Crippen LogP contribution < -0.4 is 0 Å². The van der Waals surface area contributed by atoms with Crippen molar-refractivity contribution in [1.29, 1.82) is 0 Å². The number of hydrogen-bond donors (Lipinski definition) is 0. The topological polar surface area (TPSA) is 64.7 Å². The normalized spacial score (nSPS) is 10.8. The van der Waals surface area contributed by atoms with Crippen molar-refractivity contribution in [2.45, 2.75) is 11.0 Å². The molecule has 0 N–H and O–H groups in total. The molecule has 0 amide bonds. The van der Waals surface area contributed by atoms with E-state index in [1.807, 2.05) is 0 Å². The summed E-state index contributed by atoms with van der Waals surface area (Å²) in [6, 6.07) is 3.73.